The van der Waals surface area contributed by atoms with Crippen LogP contribution in [0.3, 0.4) is 0 Å². The highest BCUT2D eigenvalue weighted by Gasteiger charge is 2.16. The molecule has 0 aromatic carbocycles. The molecule has 0 aliphatic heterocycles. The van der Waals surface area contributed by atoms with E-state index in [-0.39, 0.29) is 18.2 Å². The first-order chi connectivity index (χ1) is 11.5. The number of ether oxygens (including phenoxy) is 1. The third-order valence-electron chi connectivity index (χ3n) is 3.24. The van der Waals surface area contributed by atoms with Gasteiger partial charge < -0.3 is 15.0 Å². The van der Waals surface area contributed by atoms with Gasteiger partial charge in [0.2, 0.25) is 5.88 Å². The van der Waals surface area contributed by atoms with Gasteiger partial charge in [0.15, 0.2) is 5.69 Å². The zero-order valence-electron chi connectivity index (χ0n) is 12.6. The Morgan fingerprint density at radius 3 is 2.75 bits per heavy atom. The summed E-state index contributed by atoms with van der Waals surface area (Å²) in [7, 11) is 0. The number of carbonyl (C=O) groups excluding carboxylic acids is 1. The van der Waals surface area contributed by atoms with Crippen LogP contribution in [0.4, 0.5) is 0 Å². The molecule has 2 N–H and O–H groups in total. The fourth-order valence-electron chi connectivity index (χ4n) is 1.98. The lowest BCUT2D eigenvalue weighted by Crippen LogP contribution is -2.13. The molecule has 0 saturated carbocycles. The van der Waals surface area contributed by atoms with Crippen LogP contribution in [0.1, 0.15) is 21.8 Å². The first kappa shape index (κ1) is 15.9. The van der Waals surface area contributed by atoms with Crippen LogP contribution < -0.4 is 10.5 Å². The molecule has 0 atom stereocenters. The highest BCUT2D eigenvalue weighted by atomic mass is 35.5. The highest BCUT2D eigenvalue weighted by Crippen LogP contribution is 2.26. The molecule has 3 aromatic heterocycles. The van der Waals surface area contributed by atoms with E-state index in [1.54, 1.807) is 25.3 Å². The lowest BCUT2D eigenvalue weighted by Gasteiger charge is -2.05. The van der Waals surface area contributed by atoms with Crippen molar-refractivity contribution >= 4 is 17.5 Å². The Bertz CT molecular complexity index is 862. The van der Waals surface area contributed by atoms with Gasteiger partial charge >= 0.3 is 0 Å². The predicted molar refractivity (Wildman–Crippen MR) is 84.4 cm³/mol. The summed E-state index contributed by atoms with van der Waals surface area (Å²) >= 11 is 5.79. The van der Waals surface area contributed by atoms with E-state index in [2.05, 4.69) is 20.3 Å². The van der Waals surface area contributed by atoms with E-state index in [0.29, 0.717) is 16.6 Å². The fraction of sp³-hybridized carbons (Fsp3) is 0.133. The summed E-state index contributed by atoms with van der Waals surface area (Å²) in [6, 6.07) is 6.41. The lowest BCUT2D eigenvalue weighted by atomic mass is 10.1. The molecule has 0 unspecified atom stereocenters. The molecule has 3 aromatic rings. The highest BCUT2D eigenvalue weighted by molar-refractivity contribution is 6.29. The van der Waals surface area contributed by atoms with Gasteiger partial charge in [0.1, 0.15) is 23.2 Å². The zero-order chi connectivity index (χ0) is 17.1. The molecule has 0 aliphatic rings. The first-order valence-electron chi connectivity index (χ1n) is 6.88. The smallest absolute Gasteiger partial charge is 0.269 e. The Hall–Kier alpha value is -3.00. The molecule has 9 heteroatoms. The number of hydrogen-bond donors (Lipinski definition) is 1. The summed E-state index contributed by atoms with van der Waals surface area (Å²) in [4.78, 5) is 15.0. The Kier molecular flexibility index (Phi) is 4.39. The minimum absolute atomic E-state index is 0.0661. The summed E-state index contributed by atoms with van der Waals surface area (Å²) in [5.74, 6) is 0.212. The SMILES string of the molecule is Cc1onc(-c2ccc(Cl)nc2)c1COc1ccc(C(N)=O)nn1. The summed E-state index contributed by atoms with van der Waals surface area (Å²) < 4.78 is 10.8. The van der Waals surface area contributed by atoms with Gasteiger partial charge in [-0.15, -0.1) is 10.2 Å². The number of carbonyl (C=O) groups is 1. The fourth-order valence-corrected chi connectivity index (χ4v) is 2.09. The van der Waals surface area contributed by atoms with Crippen molar-refractivity contribution in [2.24, 2.45) is 5.73 Å². The zero-order valence-corrected chi connectivity index (χ0v) is 13.3. The molecule has 0 spiro atoms. The normalized spacial score (nSPS) is 10.6. The Labute approximate surface area is 141 Å². The van der Waals surface area contributed by atoms with Crippen molar-refractivity contribution in [2.45, 2.75) is 13.5 Å². The second-order valence-corrected chi connectivity index (χ2v) is 5.23. The van der Waals surface area contributed by atoms with Crippen molar-refractivity contribution in [2.75, 3.05) is 0 Å². The van der Waals surface area contributed by atoms with Gasteiger partial charge in [0, 0.05) is 17.8 Å². The standard InChI is InChI=1S/C15H12ClN5O3/c1-8-10(7-23-13-5-3-11(15(17)22)19-20-13)14(21-24-8)9-2-4-12(16)18-6-9/h2-6H,7H2,1H3,(H2,17,22). The maximum Gasteiger partial charge on any atom is 0.269 e. The third-order valence-corrected chi connectivity index (χ3v) is 3.47. The maximum atomic E-state index is 11.0. The number of aryl methyl sites for hydroxylation is 1. The van der Waals surface area contributed by atoms with Crippen molar-refractivity contribution in [1.82, 2.24) is 20.3 Å². The molecule has 8 nitrogen and oxygen atoms in total. The van der Waals surface area contributed by atoms with E-state index >= 15 is 0 Å². The number of aromatic nitrogens is 4. The average Bonchev–Trinajstić information content (AvgIpc) is 2.95. The minimum Gasteiger partial charge on any atom is -0.472 e. The van der Waals surface area contributed by atoms with Gasteiger partial charge in [-0.2, -0.15) is 0 Å². The largest absolute Gasteiger partial charge is 0.472 e. The molecular weight excluding hydrogens is 334 g/mol. The number of nitrogens with two attached hydrogens (primary N) is 1. The number of nitrogens with zero attached hydrogens (tertiary/aromatic N) is 4. The second kappa shape index (κ2) is 6.63. The van der Waals surface area contributed by atoms with Crippen LogP contribution in [0.25, 0.3) is 11.3 Å². The molecule has 122 valence electrons. The topological polar surface area (TPSA) is 117 Å². The summed E-state index contributed by atoms with van der Waals surface area (Å²) in [6.45, 7) is 1.94. The van der Waals surface area contributed by atoms with E-state index in [9.17, 15) is 4.79 Å². The van der Waals surface area contributed by atoms with Crippen molar-refractivity contribution in [3.8, 4) is 17.1 Å². The monoisotopic (exact) mass is 345 g/mol. The molecule has 0 fully saturated rings. The summed E-state index contributed by atoms with van der Waals surface area (Å²) in [5, 5.41) is 11.9. The van der Waals surface area contributed by atoms with E-state index in [1.807, 2.05) is 0 Å². The van der Waals surface area contributed by atoms with Crippen molar-refractivity contribution in [3.63, 3.8) is 0 Å². The predicted octanol–water partition coefficient (Wildman–Crippen LogP) is 2.17. The van der Waals surface area contributed by atoms with Crippen LogP contribution in [-0.2, 0) is 6.61 Å². The number of halogens is 1. The van der Waals surface area contributed by atoms with Crippen LogP contribution in [0.15, 0.2) is 35.0 Å². The van der Waals surface area contributed by atoms with Crippen molar-refractivity contribution < 1.29 is 14.1 Å². The molecular formula is C15H12ClN5O3. The number of pyridine rings is 1. The Balaban J connectivity index is 1.79. The minimum atomic E-state index is -0.651. The molecule has 3 heterocycles. The Morgan fingerprint density at radius 2 is 2.12 bits per heavy atom. The van der Waals surface area contributed by atoms with E-state index < -0.39 is 5.91 Å². The molecule has 1 amide bonds. The third kappa shape index (κ3) is 3.33. The van der Waals surface area contributed by atoms with Crippen molar-refractivity contribution in [3.05, 3.63) is 52.6 Å². The number of rotatable bonds is 5. The molecule has 0 saturated heterocycles. The molecule has 3 rings (SSSR count). The average molecular weight is 346 g/mol. The number of primary amides is 1. The van der Waals surface area contributed by atoms with E-state index in [4.69, 9.17) is 26.6 Å². The van der Waals surface area contributed by atoms with Crippen LogP contribution in [0.5, 0.6) is 5.88 Å². The van der Waals surface area contributed by atoms with Crippen molar-refractivity contribution in [1.29, 1.82) is 0 Å². The molecule has 24 heavy (non-hydrogen) atoms. The second-order valence-electron chi connectivity index (χ2n) is 4.85. The van der Waals surface area contributed by atoms with Gasteiger partial charge in [-0.3, -0.25) is 4.79 Å². The maximum absolute atomic E-state index is 11.0. The van der Waals surface area contributed by atoms with Crippen LogP contribution >= 0.6 is 11.6 Å². The molecule has 0 radical (unpaired) electrons. The van der Waals surface area contributed by atoms with E-state index in [1.165, 1.54) is 12.1 Å². The van der Waals surface area contributed by atoms with Gasteiger partial charge in [0.05, 0.1) is 5.56 Å². The lowest BCUT2D eigenvalue weighted by molar-refractivity contribution is 0.0994. The molecule has 0 bridgehead atoms. The summed E-state index contributed by atoms with van der Waals surface area (Å²) in [6.07, 6.45) is 1.60. The van der Waals surface area contributed by atoms with Gasteiger partial charge in [-0.05, 0) is 25.1 Å². The quantitative estimate of drug-likeness (QED) is 0.704. The molecule has 0 aliphatic carbocycles. The van der Waals surface area contributed by atoms with Crippen LogP contribution in [-0.4, -0.2) is 26.2 Å². The van der Waals surface area contributed by atoms with Gasteiger partial charge in [-0.1, -0.05) is 16.8 Å². The number of hydrogen-bond acceptors (Lipinski definition) is 7. The van der Waals surface area contributed by atoms with Gasteiger partial charge in [0.25, 0.3) is 5.91 Å². The van der Waals surface area contributed by atoms with Crippen LogP contribution in [0, 0.1) is 6.92 Å². The number of amides is 1. The first-order valence-corrected chi connectivity index (χ1v) is 7.26. The van der Waals surface area contributed by atoms with Gasteiger partial charge in [-0.25, -0.2) is 4.98 Å². The van der Waals surface area contributed by atoms with E-state index in [0.717, 1.165) is 11.1 Å². The Morgan fingerprint density at radius 1 is 1.29 bits per heavy atom. The summed E-state index contributed by atoms with van der Waals surface area (Å²) in [5.41, 5.74) is 7.29. The van der Waals surface area contributed by atoms with Crippen LogP contribution in [0.2, 0.25) is 5.15 Å².